The van der Waals surface area contributed by atoms with Gasteiger partial charge in [0.05, 0.1) is 6.61 Å². The van der Waals surface area contributed by atoms with Crippen molar-refractivity contribution in [2.75, 3.05) is 39.4 Å². The zero-order valence-electron chi connectivity index (χ0n) is 15.1. The fourth-order valence-corrected chi connectivity index (χ4v) is 3.56. The molecular formula is C15H21F3N4O5S. The Morgan fingerprint density at radius 3 is 2.57 bits per heavy atom. The second-order valence-electron chi connectivity index (χ2n) is 5.82. The number of halogens is 3. The van der Waals surface area contributed by atoms with Crippen molar-refractivity contribution in [1.29, 1.82) is 0 Å². The van der Waals surface area contributed by atoms with Crippen LogP contribution < -0.4 is 9.46 Å². The van der Waals surface area contributed by atoms with Crippen molar-refractivity contribution in [3.8, 4) is 5.88 Å². The molecule has 2 heterocycles. The third-order valence-corrected chi connectivity index (χ3v) is 5.30. The first-order chi connectivity index (χ1) is 13.1. The Kier molecular flexibility index (Phi) is 7.43. The summed E-state index contributed by atoms with van der Waals surface area (Å²) in [5.74, 6) is -0.253. The highest BCUT2D eigenvalue weighted by Gasteiger charge is 2.30. The van der Waals surface area contributed by atoms with E-state index in [-0.39, 0.29) is 45.2 Å². The number of alkyl halides is 3. The molecule has 1 aromatic heterocycles. The monoisotopic (exact) mass is 426 g/mol. The maximum Gasteiger partial charge on any atom is 0.422 e. The molecule has 0 spiro atoms. The minimum atomic E-state index is -4.50. The van der Waals surface area contributed by atoms with Gasteiger partial charge >= 0.3 is 12.3 Å². The fourth-order valence-electron chi connectivity index (χ4n) is 2.39. The summed E-state index contributed by atoms with van der Waals surface area (Å²) in [7, 11) is -3.83. The molecule has 1 saturated heterocycles. The normalized spacial score (nSPS) is 16.1. The molecule has 0 saturated carbocycles. The molecule has 0 unspecified atom stereocenters. The van der Waals surface area contributed by atoms with Crippen LogP contribution in [-0.2, 0) is 21.5 Å². The lowest BCUT2D eigenvalue weighted by atomic mass is 10.3. The number of carbonyl (C=O) groups is 1. The Bertz CT molecular complexity index is 767. The van der Waals surface area contributed by atoms with E-state index in [0.29, 0.717) is 5.56 Å². The summed E-state index contributed by atoms with van der Waals surface area (Å²) in [5.41, 5.74) is 0.390. The van der Waals surface area contributed by atoms with E-state index in [1.54, 1.807) is 6.92 Å². The Hall–Kier alpha value is -2.12. The van der Waals surface area contributed by atoms with Crippen molar-refractivity contribution >= 4 is 16.3 Å². The van der Waals surface area contributed by atoms with Gasteiger partial charge in [-0.3, -0.25) is 0 Å². The molecule has 28 heavy (non-hydrogen) atoms. The summed E-state index contributed by atoms with van der Waals surface area (Å²) in [6.45, 7) is 0.885. The number of pyridine rings is 1. The largest absolute Gasteiger partial charge is 0.468 e. The lowest BCUT2D eigenvalue weighted by Gasteiger charge is -2.33. The predicted octanol–water partition coefficient (Wildman–Crippen LogP) is 1.13. The van der Waals surface area contributed by atoms with Crippen molar-refractivity contribution in [3.05, 3.63) is 23.9 Å². The third-order valence-electron chi connectivity index (χ3n) is 3.75. The van der Waals surface area contributed by atoms with Gasteiger partial charge in [0.1, 0.15) is 0 Å². The molecule has 0 bridgehead atoms. The molecule has 1 amide bonds. The Morgan fingerprint density at radius 2 is 1.96 bits per heavy atom. The summed E-state index contributed by atoms with van der Waals surface area (Å²) >= 11 is 0. The van der Waals surface area contributed by atoms with Crippen LogP contribution in [0, 0.1) is 0 Å². The van der Waals surface area contributed by atoms with Gasteiger partial charge in [0.25, 0.3) is 10.2 Å². The van der Waals surface area contributed by atoms with E-state index in [4.69, 9.17) is 4.74 Å². The van der Waals surface area contributed by atoms with Crippen LogP contribution in [0.25, 0.3) is 0 Å². The minimum Gasteiger partial charge on any atom is -0.468 e. The second-order valence-corrected chi connectivity index (χ2v) is 7.57. The lowest BCUT2D eigenvalue weighted by Crippen LogP contribution is -2.53. The summed E-state index contributed by atoms with van der Waals surface area (Å²) in [6.07, 6.45) is -3.76. The van der Waals surface area contributed by atoms with E-state index < -0.39 is 29.1 Å². The number of aromatic nitrogens is 1. The summed E-state index contributed by atoms with van der Waals surface area (Å²) in [4.78, 5) is 16.7. The maximum atomic E-state index is 12.4. The molecule has 1 N–H and O–H groups in total. The molecule has 1 fully saturated rings. The van der Waals surface area contributed by atoms with E-state index in [1.165, 1.54) is 27.5 Å². The van der Waals surface area contributed by atoms with Crippen LogP contribution in [-0.4, -0.2) is 74.3 Å². The Morgan fingerprint density at radius 1 is 1.29 bits per heavy atom. The molecule has 1 aromatic rings. The van der Waals surface area contributed by atoms with E-state index in [1.807, 2.05) is 0 Å². The van der Waals surface area contributed by atoms with Gasteiger partial charge in [0.15, 0.2) is 6.61 Å². The second kappa shape index (κ2) is 9.39. The molecule has 0 aromatic carbocycles. The summed E-state index contributed by atoms with van der Waals surface area (Å²) in [5, 5.41) is 0. The van der Waals surface area contributed by atoms with E-state index >= 15 is 0 Å². The molecular weight excluding hydrogens is 405 g/mol. The number of piperazine rings is 1. The summed E-state index contributed by atoms with van der Waals surface area (Å²) < 4.78 is 74.3. The first kappa shape index (κ1) is 22.2. The quantitative estimate of drug-likeness (QED) is 0.702. The van der Waals surface area contributed by atoms with E-state index in [2.05, 4.69) is 14.4 Å². The number of hydrogen-bond donors (Lipinski definition) is 1. The van der Waals surface area contributed by atoms with Crippen LogP contribution in [0.4, 0.5) is 18.0 Å². The topological polar surface area (TPSA) is 101 Å². The van der Waals surface area contributed by atoms with Gasteiger partial charge in [0.2, 0.25) is 5.88 Å². The number of rotatable bonds is 7. The van der Waals surface area contributed by atoms with Crippen LogP contribution in [0.5, 0.6) is 5.88 Å². The van der Waals surface area contributed by atoms with E-state index in [9.17, 15) is 26.4 Å². The average Bonchev–Trinajstić information content (AvgIpc) is 2.65. The van der Waals surface area contributed by atoms with Crippen molar-refractivity contribution < 1.29 is 35.9 Å². The van der Waals surface area contributed by atoms with Gasteiger partial charge in [0, 0.05) is 45.0 Å². The highest BCUT2D eigenvalue weighted by molar-refractivity contribution is 7.87. The number of ether oxygens (including phenoxy) is 2. The van der Waals surface area contributed by atoms with Gasteiger partial charge in [-0.25, -0.2) is 9.78 Å². The standard InChI is InChI=1S/C15H21F3N4O5S/c1-2-26-14(23)21-5-7-22(8-6-21)28(24,25)20-10-12-3-4-19-13(9-12)27-11-15(16,17)18/h3-4,9,20H,2,5-8,10-11H2,1H3. The number of amides is 1. The van der Waals surface area contributed by atoms with Crippen LogP contribution in [0.2, 0.25) is 0 Å². The van der Waals surface area contributed by atoms with Gasteiger partial charge in [-0.15, -0.1) is 0 Å². The van der Waals surface area contributed by atoms with E-state index in [0.717, 1.165) is 0 Å². The lowest BCUT2D eigenvalue weighted by molar-refractivity contribution is -0.154. The highest BCUT2D eigenvalue weighted by atomic mass is 32.2. The Balaban J connectivity index is 1.87. The first-order valence-electron chi connectivity index (χ1n) is 8.41. The van der Waals surface area contributed by atoms with Crippen molar-refractivity contribution in [3.63, 3.8) is 0 Å². The molecule has 1 aliphatic heterocycles. The third kappa shape index (κ3) is 6.80. The molecule has 0 radical (unpaired) electrons. The van der Waals surface area contributed by atoms with Crippen molar-refractivity contribution in [1.82, 2.24) is 18.9 Å². The smallest absolute Gasteiger partial charge is 0.422 e. The van der Waals surface area contributed by atoms with Crippen LogP contribution in [0.15, 0.2) is 18.3 Å². The highest BCUT2D eigenvalue weighted by Crippen LogP contribution is 2.17. The molecule has 9 nitrogen and oxygen atoms in total. The molecule has 158 valence electrons. The van der Waals surface area contributed by atoms with Crippen LogP contribution >= 0.6 is 0 Å². The number of hydrogen-bond acceptors (Lipinski definition) is 6. The number of nitrogens with one attached hydrogen (secondary N) is 1. The van der Waals surface area contributed by atoms with Gasteiger partial charge < -0.3 is 14.4 Å². The zero-order chi connectivity index (χ0) is 20.8. The van der Waals surface area contributed by atoms with Gasteiger partial charge in [-0.1, -0.05) is 0 Å². The molecule has 0 atom stereocenters. The van der Waals surface area contributed by atoms with Crippen LogP contribution in [0.1, 0.15) is 12.5 Å². The molecule has 1 aliphatic rings. The number of nitrogens with zero attached hydrogens (tertiary/aromatic N) is 3. The minimum absolute atomic E-state index is 0.102. The van der Waals surface area contributed by atoms with Gasteiger partial charge in [-0.05, 0) is 18.6 Å². The molecule has 13 heteroatoms. The molecule has 0 aliphatic carbocycles. The predicted molar refractivity (Wildman–Crippen MR) is 91.7 cm³/mol. The number of carbonyl (C=O) groups excluding carboxylic acids is 1. The first-order valence-corrected chi connectivity index (χ1v) is 9.85. The SMILES string of the molecule is CCOC(=O)N1CCN(S(=O)(=O)NCc2ccnc(OCC(F)(F)F)c2)CC1. The summed E-state index contributed by atoms with van der Waals surface area (Å²) in [6, 6.07) is 2.69. The molecule has 2 rings (SSSR count). The average molecular weight is 426 g/mol. The zero-order valence-corrected chi connectivity index (χ0v) is 15.9. The van der Waals surface area contributed by atoms with Crippen LogP contribution in [0.3, 0.4) is 0 Å². The van der Waals surface area contributed by atoms with Crippen molar-refractivity contribution in [2.24, 2.45) is 0 Å². The maximum absolute atomic E-state index is 12.4. The van der Waals surface area contributed by atoms with Gasteiger partial charge in [-0.2, -0.15) is 30.6 Å². The Labute approximate surface area is 160 Å². The fraction of sp³-hybridized carbons (Fsp3) is 0.600. The van der Waals surface area contributed by atoms with Crippen molar-refractivity contribution in [2.45, 2.75) is 19.6 Å².